The van der Waals surface area contributed by atoms with Crippen molar-refractivity contribution in [3.63, 3.8) is 0 Å². The number of nitrogens with one attached hydrogen (secondary N) is 3. The van der Waals surface area contributed by atoms with Gasteiger partial charge in [0.05, 0.1) is 0 Å². The van der Waals surface area contributed by atoms with E-state index in [0.29, 0.717) is 38.8 Å². The van der Waals surface area contributed by atoms with Crippen LogP contribution in [0.15, 0.2) is 0 Å². The predicted molar refractivity (Wildman–Crippen MR) is 104 cm³/mol. The summed E-state index contributed by atoms with van der Waals surface area (Å²) in [4.78, 5) is 64.4. The highest BCUT2D eigenvalue weighted by Gasteiger charge is 2.43. The van der Waals surface area contributed by atoms with Crippen LogP contribution in [0.5, 0.6) is 0 Å². The molecule has 2 fully saturated rings. The minimum absolute atomic E-state index is 0.254. The maximum absolute atomic E-state index is 13.2. The van der Waals surface area contributed by atoms with Crippen LogP contribution in [0.3, 0.4) is 0 Å². The summed E-state index contributed by atoms with van der Waals surface area (Å²) in [6.45, 7) is 5.39. The number of amides is 5. The van der Waals surface area contributed by atoms with E-state index < -0.39 is 24.2 Å². The lowest BCUT2D eigenvalue weighted by molar-refractivity contribution is -0.147. The Bertz CT molecular complexity index is 682. The first-order valence-electron chi connectivity index (χ1n) is 10.1. The van der Waals surface area contributed by atoms with Crippen molar-refractivity contribution in [1.29, 1.82) is 0 Å². The highest BCUT2D eigenvalue weighted by Crippen LogP contribution is 2.25. The Hall–Kier alpha value is -2.65. The summed E-state index contributed by atoms with van der Waals surface area (Å²) in [6.07, 6.45) is 2.41. The van der Waals surface area contributed by atoms with Gasteiger partial charge in [-0.15, -0.1) is 0 Å². The molecule has 0 aliphatic carbocycles. The maximum atomic E-state index is 13.2. The molecule has 0 saturated carbocycles. The summed E-state index contributed by atoms with van der Waals surface area (Å²) in [5, 5.41) is 7.68. The second kappa shape index (κ2) is 9.71. The summed E-state index contributed by atoms with van der Waals surface area (Å²) < 4.78 is 0. The molecule has 2 saturated heterocycles. The molecular weight excluding hydrogens is 378 g/mol. The van der Waals surface area contributed by atoms with Crippen molar-refractivity contribution in [3.05, 3.63) is 0 Å². The summed E-state index contributed by atoms with van der Waals surface area (Å²) >= 11 is 0. The molecule has 0 radical (unpaired) electrons. The number of hydrogen-bond donors (Lipinski definition) is 3. The normalized spacial score (nSPS) is 23.3. The van der Waals surface area contributed by atoms with Gasteiger partial charge in [0.2, 0.25) is 29.5 Å². The fourth-order valence-corrected chi connectivity index (χ4v) is 3.99. The topological polar surface area (TPSA) is 128 Å². The molecule has 2 heterocycles. The lowest BCUT2D eigenvalue weighted by Gasteiger charge is -2.32. The van der Waals surface area contributed by atoms with Crippen molar-refractivity contribution in [3.8, 4) is 0 Å². The number of hydrogen-bond acceptors (Lipinski definition) is 5. The van der Waals surface area contributed by atoms with Gasteiger partial charge >= 0.3 is 0 Å². The van der Waals surface area contributed by atoms with E-state index in [4.69, 9.17) is 0 Å². The summed E-state index contributed by atoms with van der Waals surface area (Å²) in [5.74, 6) is -1.54. The molecule has 2 aliphatic rings. The molecule has 0 aromatic carbocycles. The largest absolute Gasteiger partial charge is 0.357 e. The first-order valence-corrected chi connectivity index (χ1v) is 10.1. The van der Waals surface area contributed by atoms with E-state index in [2.05, 4.69) is 16.0 Å². The molecule has 10 nitrogen and oxygen atoms in total. The van der Waals surface area contributed by atoms with E-state index >= 15 is 0 Å². The maximum Gasteiger partial charge on any atom is 0.246 e. The van der Waals surface area contributed by atoms with Gasteiger partial charge in [-0.25, -0.2) is 0 Å². The Morgan fingerprint density at radius 2 is 1.45 bits per heavy atom. The number of carbonyl (C=O) groups is 5. The van der Waals surface area contributed by atoms with Gasteiger partial charge in [-0.3, -0.25) is 24.0 Å². The standard InChI is InChI=1S/C19H31N5O5/c1-11(16(26)20-4)22-17(27)14-7-5-9-23(14)19(29)15-8-6-10-24(15)18(28)12(2)21-13(3)25/h11-12,14-15H,5-10H2,1-4H3,(H,20,26)(H,21,25)(H,22,27)/t11-,12-,14+,15-/m0/s1. The van der Waals surface area contributed by atoms with Crippen LogP contribution in [0.25, 0.3) is 0 Å². The summed E-state index contributed by atoms with van der Waals surface area (Å²) in [5.41, 5.74) is 0. The fourth-order valence-electron chi connectivity index (χ4n) is 3.99. The summed E-state index contributed by atoms with van der Waals surface area (Å²) in [6, 6.07) is -2.71. The fraction of sp³-hybridized carbons (Fsp3) is 0.737. The molecule has 5 amide bonds. The van der Waals surface area contributed by atoms with Crippen molar-refractivity contribution in [2.75, 3.05) is 20.1 Å². The molecule has 2 rings (SSSR count). The van der Waals surface area contributed by atoms with Crippen molar-refractivity contribution >= 4 is 29.5 Å². The van der Waals surface area contributed by atoms with Crippen LogP contribution in [0.1, 0.15) is 46.5 Å². The number of nitrogens with zero attached hydrogens (tertiary/aromatic N) is 2. The Morgan fingerprint density at radius 3 is 2.03 bits per heavy atom. The van der Waals surface area contributed by atoms with E-state index in [1.807, 2.05) is 0 Å². The Balaban J connectivity index is 2.07. The highest BCUT2D eigenvalue weighted by atomic mass is 16.2. The molecule has 0 aromatic heterocycles. The van der Waals surface area contributed by atoms with Crippen LogP contribution in [0.2, 0.25) is 0 Å². The van der Waals surface area contributed by atoms with Gasteiger partial charge in [0.15, 0.2) is 0 Å². The van der Waals surface area contributed by atoms with Gasteiger partial charge in [-0.05, 0) is 39.5 Å². The van der Waals surface area contributed by atoms with Crippen LogP contribution in [0, 0.1) is 0 Å². The summed E-state index contributed by atoms with van der Waals surface area (Å²) in [7, 11) is 1.49. The van der Waals surface area contributed by atoms with Crippen LogP contribution < -0.4 is 16.0 Å². The average Bonchev–Trinajstić information content (AvgIpc) is 3.34. The van der Waals surface area contributed by atoms with E-state index in [9.17, 15) is 24.0 Å². The molecule has 2 aliphatic heterocycles. The smallest absolute Gasteiger partial charge is 0.246 e. The Morgan fingerprint density at radius 1 is 0.862 bits per heavy atom. The molecular formula is C19H31N5O5. The molecule has 0 spiro atoms. The van der Waals surface area contributed by atoms with Gasteiger partial charge in [0.1, 0.15) is 24.2 Å². The predicted octanol–water partition coefficient (Wildman–Crippen LogP) is -1.26. The van der Waals surface area contributed by atoms with E-state index in [0.717, 1.165) is 0 Å². The molecule has 0 aromatic rings. The van der Waals surface area contributed by atoms with Crippen LogP contribution in [0.4, 0.5) is 0 Å². The van der Waals surface area contributed by atoms with Crippen molar-refractivity contribution < 1.29 is 24.0 Å². The Labute approximate surface area is 170 Å². The second-order valence-corrected chi connectivity index (χ2v) is 7.65. The van der Waals surface area contributed by atoms with Gasteiger partial charge in [-0.2, -0.15) is 0 Å². The molecule has 0 bridgehead atoms. The number of carbonyl (C=O) groups excluding carboxylic acids is 5. The SMILES string of the molecule is CNC(=O)[C@H](C)NC(=O)[C@H]1CCCN1C(=O)[C@@H]1CCCN1C(=O)[C@H](C)NC(C)=O. The molecule has 4 atom stereocenters. The minimum Gasteiger partial charge on any atom is -0.357 e. The third-order valence-electron chi connectivity index (χ3n) is 5.45. The molecule has 3 N–H and O–H groups in total. The zero-order valence-electron chi connectivity index (χ0n) is 17.5. The van der Waals surface area contributed by atoms with E-state index in [1.165, 1.54) is 23.8 Å². The van der Waals surface area contributed by atoms with E-state index in [-0.39, 0.29) is 29.5 Å². The minimum atomic E-state index is -0.716. The van der Waals surface area contributed by atoms with Gasteiger partial charge in [0, 0.05) is 27.1 Å². The third kappa shape index (κ3) is 5.24. The van der Waals surface area contributed by atoms with Gasteiger partial charge in [-0.1, -0.05) is 0 Å². The number of likely N-dealkylation sites (N-methyl/N-ethyl adjacent to an activating group) is 1. The van der Waals surface area contributed by atoms with Crippen molar-refractivity contribution in [2.24, 2.45) is 0 Å². The van der Waals surface area contributed by atoms with Crippen molar-refractivity contribution in [1.82, 2.24) is 25.8 Å². The van der Waals surface area contributed by atoms with Crippen LogP contribution >= 0.6 is 0 Å². The van der Waals surface area contributed by atoms with Crippen LogP contribution in [-0.4, -0.2) is 83.6 Å². The van der Waals surface area contributed by atoms with Gasteiger partial charge < -0.3 is 25.8 Å². The third-order valence-corrected chi connectivity index (χ3v) is 5.45. The average molecular weight is 409 g/mol. The van der Waals surface area contributed by atoms with Crippen molar-refractivity contribution in [2.45, 2.75) is 70.6 Å². The quantitative estimate of drug-likeness (QED) is 0.505. The lowest BCUT2D eigenvalue weighted by Crippen LogP contribution is -2.56. The van der Waals surface area contributed by atoms with Crippen LogP contribution in [-0.2, 0) is 24.0 Å². The number of likely N-dealkylation sites (tertiary alicyclic amines) is 2. The lowest BCUT2D eigenvalue weighted by atomic mass is 10.1. The Kier molecular flexibility index (Phi) is 7.58. The molecule has 10 heteroatoms. The highest BCUT2D eigenvalue weighted by molar-refractivity contribution is 5.95. The first-order chi connectivity index (χ1) is 13.7. The first kappa shape index (κ1) is 22.6. The van der Waals surface area contributed by atoms with E-state index in [1.54, 1.807) is 13.8 Å². The molecule has 162 valence electrons. The zero-order valence-corrected chi connectivity index (χ0v) is 17.5. The monoisotopic (exact) mass is 409 g/mol. The zero-order chi connectivity index (χ0) is 21.7. The molecule has 0 unspecified atom stereocenters. The number of rotatable bonds is 6. The van der Waals surface area contributed by atoms with Gasteiger partial charge in [0.25, 0.3) is 0 Å². The molecule has 29 heavy (non-hydrogen) atoms. The second-order valence-electron chi connectivity index (χ2n) is 7.65.